The van der Waals surface area contributed by atoms with Crippen molar-refractivity contribution in [2.24, 2.45) is 0 Å². The molecule has 38 heavy (non-hydrogen) atoms. The van der Waals surface area contributed by atoms with E-state index < -0.39 is 0 Å². The zero-order valence-electron chi connectivity index (χ0n) is 20.8. The van der Waals surface area contributed by atoms with E-state index in [0.29, 0.717) is 20.8 Å². The summed E-state index contributed by atoms with van der Waals surface area (Å²) in [5.41, 5.74) is 5.26. The van der Waals surface area contributed by atoms with Crippen molar-refractivity contribution in [2.75, 3.05) is 31.2 Å². The fourth-order valence-corrected chi connectivity index (χ4v) is 6.23. The predicted molar refractivity (Wildman–Crippen MR) is 156 cm³/mol. The van der Waals surface area contributed by atoms with Crippen LogP contribution in [0.15, 0.2) is 72.0 Å². The van der Waals surface area contributed by atoms with E-state index in [1.807, 2.05) is 24.4 Å². The fraction of sp³-hybridized carbons (Fsp3) is 0.276. The minimum atomic E-state index is -0.343. The summed E-state index contributed by atoms with van der Waals surface area (Å²) in [6.45, 7) is 5.44. The van der Waals surface area contributed by atoms with Crippen LogP contribution in [0.2, 0.25) is 15.1 Å². The second-order valence-corrected chi connectivity index (χ2v) is 11.5. The molecule has 0 aliphatic carbocycles. The Morgan fingerprint density at radius 1 is 0.921 bits per heavy atom. The Morgan fingerprint density at radius 2 is 1.66 bits per heavy atom. The van der Waals surface area contributed by atoms with E-state index >= 15 is 0 Å². The summed E-state index contributed by atoms with van der Waals surface area (Å²) in [4.78, 5) is 7.13. The highest BCUT2D eigenvalue weighted by atomic mass is 35.5. The third-order valence-corrected chi connectivity index (χ3v) is 8.74. The normalized spacial score (nSPS) is 14.6. The topological polar surface area (TPSA) is 30.3 Å². The summed E-state index contributed by atoms with van der Waals surface area (Å²) in [5, 5.41) is 2.36. The molecule has 1 saturated heterocycles. The second kappa shape index (κ2) is 12.3. The van der Waals surface area contributed by atoms with Crippen LogP contribution in [0.25, 0.3) is 5.69 Å². The standard InChI is InChI=1S/C29H27Cl3FN3OS/c1-19(14-20-2-9-25(30)27(32)15-20)28-17-34-29(38-18-21-3-4-22(33)16-26(21)31)36(28)24-7-5-23(6-8-24)35-10-12-37-13-11-35/h2-9,15-17,19H,10-14,18H2,1H3. The van der Waals surface area contributed by atoms with E-state index in [2.05, 4.69) is 40.7 Å². The average molecular weight is 591 g/mol. The lowest BCUT2D eigenvalue weighted by Crippen LogP contribution is -2.36. The molecule has 0 saturated carbocycles. The van der Waals surface area contributed by atoms with Crippen LogP contribution in [0, 0.1) is 5.82 Å². The van der Waals surface area contributed by atoms with Crippen LogP contribution in [0.5, 0.6) is 0 Å². The summed E-state index contributed by atoms with van der Waals surface area (Å²) < 4.78 is 21.2. The molecule has 1 aliphatic heterocycles. The van der Waals surface area contributed by atoms with Gasteiger partial charge in [0.2, 0.25) is 0 Å². The Bertz CT molecular complexity index is 1410. The molecule has 1 unspecified atom stereocenters. The van der Waals surface area contributed by atoms with Gasteiger partial charge in [-0.05, 0) is 66.1 Å². The van der Waals surface area contributed by atoms with E-state index in [1.54, 1.807) is 17.8 Å². The van der Waals surface area contributed by atoms with Crippen LogP contribution in [-0.2, 0) is 16.9 Å². The number of hydrogen-bond acceptors (Lipinski definition) is 4. The molecule has 5 rings (SSSR count). The molecule has 0 spiro atoms. The fourth-order valence-electron chi connectivity index (χ4n) is 4.60. The molecule has 1 fully saturated rings. The molecule has 1 aliphatic rings. The minimum Gasteiger partial charge on any atom is -0.378 e. The van der Waals surface area contributed by atoms with Gasteiger partial charge in [-0.3, -0.25) is 4.57 Å². The quantitative estimate of drug-likeness (QED) is 0.193. The number of ether oxygens (including phenoxy) is 1. The molecule has 9 heteroatoms. The lowest BCUT2D eigenvalue weighted by molar-refractivity contribution is 0.122. The van der Waals surface area contributed by atoms with Gasteiger partial charge in [0.1, 0.15) is 5.82 Å². The summed E-state index contributed by atoms with van der Waals surface area (Å²) in [6, 6.07) is 18.8. The molecule has 4 aromatic rings. The maximum atomic E-state index is 13.5. The lowest BCUT2D eigenvalue weighted by atomic mass is 9.98. The Balaban J connectivity index is 1.45. The van der Waals surface area contributed by atoms with Crippen molar-refractivity contribution in [3.8, 4) is 5.69 Å². The Morgan fingerprint density at radius 3 is 2.37 bits per heavy atom. The monoisotopic (exact) mass is 589 g/mol. The number of nitrogens with zero attached hydrogens (tertiary/aromatic N) is 3. The number of hydrogen-bond donors (Lipinski definition) is 0. The molecule has 0 N–H and O–H groups in total. The van der Waals surface area contributed by atoms with Crippen LogP contribution in [0.4, 0.5) is 10.1 Å². The van der Waals surface area contributed by atoms with Gasteiger partial charge in [0.05, 0.1) is 29.5 Å². The summed E-state index contributed by atoms with van der Waals surface area (Å²) in [7, 11) is 0. The van der Waals surface area contributed by atoms with Crippen molar-refractivity contribution in [2.45, 2.75) is 30.2 Å². The number of rotatable bonds is 8. The van der Waals surface area contributed by atoms with Crippen LogP contribution >= 0.6 is 46.6 Å². The van der Waals surface area contributed by atoms with Gasteiger partial charge in [-0.15, -0.1) is 0 Å². The first-order valence-electron chi connectivity index (χ1n) is 12.4. The lowest BCUT2D eigenvalue weighted by Gasteiger charge is -2.29. The van der Waals surface area contributed by atoms with Crippen molar-refractivity contribution in [3.63, 3.8) is 0 Å². The third-order valence-electron chi connectivity index (χ3n) is 6.64. The Hall–Kier alpha value is -2.22. The second-order valence-electron chi connectivity index (χ2n) is 9.29. The SMILES string of the molecule is CC(Cc1ccc(Cl)c(Cl)c1)c1cnc(SCc2ccc(F)cc2Cl)n1-c1ccc(N2CCOCC2)cc1. The van der Waals surface area contributed by atoms with Gasteiger partial charge in [0.15, 0.2) is 5.16 Å². The van der Waals surface area contributed by atoms with Gasteiger partial charge in [0, 0.05) is 46.9 Å². The van der Waals surface area contributed by atoms with Crippen LogP contribution in [0.3, 0.4) is 0 Å². The number of morpholine rings is 1. The first-order valence-corrected chi connectivity index (χ1v) is 14.5. The number of aromatic nitrogens is 2. The van der Waals surface area contributed by atoms with Gasteiger partial charge >= 0.3 is 0 Å². The molecule has 3 aromatic carbocycles. The molecule has 4 nitrogen and oxygen atoms in total. The smallest absolute Gasteiger partial charge is 0.173 e. The van der Waals surface area contributed by atoms with E-state index in [1.165, 1.54) is 17.8 Å². The molecule has 0 bridgehead atoms. The number of anilines is 1. The van der Waals surface area contributed by atoms with E-state index in [0.717, 1.165) is 60.4 Å². The van der Waals surface area contributed by atoms with Crippen molar-refractivity contribution < 1.29 is 9.13 Å². The molecule has 2 heterocycles. The summed E-state index contributed by atoms with van der Waals surface area (Å²) >= 11 is 20.3. The molecule has 0 amide bonds. The molecule has 0 radical (unpaired) electrons. The maximum absolute atomic E-state index is 13.5. The molecule has 1 atom stereocenters. The zero-order valence-corrected chi connectivity index (χ0v) is 23.9. The van der Waals surface area contributed by atoms with Crippen molar-refractivity contribution in [1.29, 1.82) is 0 Å². The molecule has 198 valence electrons. The molecule has 1 aromatic heterocycles. The first-order chi connectivity index (χ1) is 18.4. The van der Waals surface area contributed by atoms with Gasteiger partial charge in [-0.25, -0.2) is 9.37 Å². The van der Waals surface area contributed by atoms with Gasteiger partial charge in [0.25, 0.3) is 0 Å². The van der Waals surface area contributed by atoms with Crippen LogP contribution in [0.1, 0.15) is 29.7 Å². The highest BCUT2D eigenvalue weighted by Gasteiger charge is 2.20. The van der Waals surface area contributed by atoms with Gasteiger partial charge in [-0.1, -0.05) is 65.6 Å². The Labute approximate surface area is 241 Å². The zero-order chi connectivity index (χ0) is 26.6. The number of benzene rings is 3. The average Bonchev–Trinajstić information content (AvgIpc) is 3.35. The van der Waals surface area contributed by atoms with Crippen molar-refractivity contribution in [3.05, 3.63) is 105 Å². The maximum Gasteiger partial charge on any atom is 0.173 e. The van der Waals surface area contributed by atoms with Crippen LogP contribution < -0.4 is 4.90 Å². The van der Waals surface area contributed by atoms with Crippen molar-refractivity contribution in [1.82, 2.24) is 9.55 Å². The number of halogens is 4. The largest absolute Gasteiger partial charge is 0.378 e. The number of imidazole rings is 1. The van der Waals surface area contributed by atoms with Crippen LogP contribution in [-0.4, -0.2) is 35.9 Å². The van der Waals surface area contributed by atoms with E-state index in [9.17, 15) is 4.39 Å². The van der Waals surface area contributed by atoms with Crippen molar-refractivity contribution >= 4 is 52.3 Å². The third kappa shape index (κ3) is 6.32. The van der Waals surface area contributed by atoms with E-state index in [4.69, 9.17) is 44.5 Å². The summed E-state index contributed by atoms with van der Waals surface area (Å²) in [6.07, 6.45) is 2.72. The number of thioether (sulfide) groups is 1. The first kappa shape index (κ1) is 27.4. The van der Waals surface area contributed by atoms with Gasteiger partial charge < -0.3 is 9.64 Å². The van der Waals surface area contributed by atoms with Gasteiger partial charge in [-0.2, -0.15) is 0 Å². The predicted octanol–water partition coefficient (Wildman–Crippen LogP) is 8.45. The minimum absolute atomic E-state index is 0.155. The molecular formula is C29H27Cl3FN3OS. The highest BCUT2D eigenvalue weighted by Crippen LogP contribution is 2.34. The summed E-state index contributed by atoms with van der Waals surface area (Å²) in [5.74, 6) is 0.384. The Kier molecular flexibility index (Phi) is 8.86. The van der Waals surface area contributed by atoms with E-state index in [-0.39, 0.29) is 11.7 Å². The highest BCUT2D eigenvalue weighted by molar-refractivity contribution is 7.98. The molecular weight excluding hydrogens is 564 g/mol.